The van der Waals surface area contributed by atoms with E-state index in [9.17, 15) is 0 Å². The molecule has 8 heteroatoms. The van der Waals surface area contributed by atoms with E-state index in [4.69, 9.17) is 44.0 Å². The molecule has 8 N–H and O–H groups in total. The van der Waals surface area contributed by atoms with Gasteiger partial charge >= 0.3 is 0 Å². The van der Waals surface area contributed by atoms with Gasteiger partial charge in [0.15, 0.2) is 5.88 Å². The third kappa shape index (κ3) is 7.96. The van der Waals surface area contributed by atoms with Gasteiger partial charge in [0, 0.05) is 24.6 Å². The van der Waals surface area contributed by atoms with Crippen molar-refractivity contribution in [3.63, 3.8) is 0 Å². The maximum absolute atomic E-state index is 5.91. The molecule has 0 heterocycles. The molecule has 0 aliphatic heterocycles. The van der Waals surface area contributed by atoms with E-state index in [2.05, 4.69) is 4.99 Å². The summed E-state index contributed by atoms with van der Waals surface area (Å²) in [6, 6.07) is 9.45. The first-order valence-electron chi connectivity index (χ1n) is 7.96. The van der Waals surface area contributed by atoms with Crippen LogP contribution in [0.5, 0.6) is 0 Å². The number of hydrogen-bond donors (Lipinski definition) is 4. The summed E-state index contributed by atoms with van der Waals surface area (Å²) >= 11 is 5.80. The lowest BCUT2D eigenvalue weighted by Crippen LogP contribution is -2.18. The molecular weight excluding hydrogens is 354 g/mol. The number of allylic oxidation sites excluding steroid dienone is 1. The molecule has 1 aromatic carbocycles. The molecule has 0 aliphatic carbocycles. The molecule has 142 valence electrons. The molecule has 7 nitrogen and oxygen atoms in total. The van der Waals surface area contributed by atoms with Crippen molar-refractivity contribution in [1.82, 2.24) is 0 Å². The van der Waals surface area contributed by atoms with E-state index in [1.54, 1.807) is 0 Å². The Morgan fingerprint density at radius 1 is 1.23 bits per heavy atom. The molecule has 0 saturated carbocycles. The maximum atomic E-state index is 5.91. The third-order valence-electron chi connectivity index (χ3n) is 3.40. The van der Waals surface area contributed by atoms with E-state index in [1.165, 1.54) is 25.6 Å². The smallest absolute Gasteiger partial charge is 0.189 e. The minimum absolute atomic E-state index is 0.0627. The second kappa shape index (κ2) is 11.8. The summed E-state index contributed by atoms with van der Waals surface area (Å²) in [5.74, 6) is 0.161. The van der Waals surface area contributed by atoms with Gasteiger partial charge in [0.2, 0.25) is 0 Å². The van der Waals surface area contributed by atoms with Crippen LogP contribution >= 0.6 is 11.6 Å². The number of halogens is 1. The molecule has 26 heavy (non-hydrogen) atoms. The number of aliphatic imine (C=N–C) groups is 1. The summed E-state index contributed by atoms with van der Waals surface area (Å²) in [6.45, 7) is 0.925. The van der Waals surface area contributed by atoms with Gasteiger partial charge in [-0.25, -0.2) is 0 Å². The highest BCUT2D eigenvalue weighted by molar-refractivity contribution is 6.29. The van der Waals surface area contributed by atoms with Gasteiger partial charge < -0.3 is 32.4 Å². The average molecular weight is 380 g/mol. The van der Waals surface area contributed by atoms with E-state index < -0.39 is 6.04 Å². The Hall–Kier alpha value is -2.64. The Labute approximate surface area is 159 Å². The van der Waals surface area contributed by atoms with Gasteiger partial charge in [-0.2, -0.15) is 0 Å². The van der Waals surface area contributed by atoms with Crippen LogP contribution in [0.25, 0.3) is 0 Å². The highest BCUT2D eigenvalue weighted by Gasteiger charge is 2.16. The topological polar surface area (TPSA) is 135 Å². The Balaban J connectivity index is 2.86. The molecule has 0 amide bonds. The average Bonchev–Trinajstić information content (AvgIpc) is 2.65. The van der Waals surface area contributed by atoms with Crippen molar-refractivity contribution < 1.29 is 9.47 Å². The molecule has 0 aliphatic rings. The van der Waals surface area contributed by atoms with Crippen LogP contribution in [0.4, 0.5) is 0 Å². The number of nitrogens with two attached hydrogens (primary N) is 4. The molecule has 1 unspecified atom stereocenters. The molecule has 1 rings (SSSR count). The van der Waals surface area contributed by atoms with E-state index in [-0.39, 0.29) is 11.0 Å². The van der Waals surface area contributed by atoms with Crippen LogP contribution in [0.3, 0.4) is 0 Å². The second-order valence-corrected chi connectivity index (χ2v) is 5.78. The number of rotatable bonds is 10. The fourth-order valence-electron chi connectivity index (χ4n) is 2.09. The molecule has 0 bridgehead atoms. The molecule has 0 radical (unpaired) electrons. The molecule has 0 saturated heterocycles. The van der Waals surface area contributed by atoms with E-state index >= 15 is 0 Å². The lowest BCUT2D eigenvalue weighted by molar-refractivity contribution is 0.116. The van der Waals surface area contributed by atoms with E-state index in [0.717, 1.165) is 5.56 Å². The van der Waals surface area contributed by atoms with Crippen molar-refractivity contribution >= 4 is 17.8 Å². The zero-order valence-corrected chi connectivity index (χ0v) is 15.5. The second-order valence-electron chi connectivity index (χ2n) is 5.34. The summed E-state index contributed by atoms with van der Waals surface area (Å²) in [5, 5.41) is 0.0627. The predicted octanol–water partition coefficient (Wildman–Crippen LogP) is 1.65. The molecule has 0 aromatic heterocycles. The van der Waals surface area contributed by atoms with Crippen LogP contribution in [-0.4, -0.2) is 26.0 Å². The Bertz CT molecular complexity index is 667. The summed E-state index contributed by atoms with van der Waals surface area (Å²) < 4.78 is 10.8. The summed E-state index contributed by atoms with van der Waals surface area (Å²) in [7, 11) is 1.45. The SMILES string of the molecule is CO/C(N)=C(/C=C(\N)Cl)C(CCOCc1ccccc1)N=C/C(N)=C\N. The van der Waals surface area contributed by atoms with Gasteiger partial charge in [-0.15, -0.1) is 0 Å². The van der Waals surface area contributed by atoms with Gasteiger partial charge in [-0.05, 0) is 18.1 Å². The minimum Gasteiger partial charge on any atom is -0.482 e. The minimum atomic E-state index is -0.415. The lowest BCUT2D eigenvalue weighted by Gasteiger charge is -2.16. The largest absolute Gasteiger partial charge is 0.482 e. The van der Waals surface area contributed by atoms with Gasteiger partial charge in [-0.3, -0.25) is 4.99 Å². The third-order valence-corrected chi connectivity index (χ3v) is 3.51. The standard InChI is InChI=1S/C18H26ClN5O2/c1-25-18(23)15(9-17(19)22)16(24-11-14(21)10-20)7-8-26-12-13-5-3-2-4-6-13/h2-6,9-11,16H,7-8,12,20-23H2,1H3/b14-10+,17-9-,18-15-,24-11?. The number of methoxy groups -OCH3 is 1. The zero-order chi connectivity index (χ0) is 19.4. The molecular formula is C18H26ClN5O2. The van der Waals surface area contributed by atoms with Gasteiger partial charge in [-0.1, -0.05) is 41.9 Å². The molecule has 0 fully saturated rings. The highest BCUT2D eigenvalue weighted by Crippen LogP contribution is 2.18. The van der Waals surface area contributed by atoms with Gasteiger partial charge in [0.1, 0.15) is 0 Å². The first-order valence-corrected chi connectivity index (χ1v) is 8.34. The van der Waals surface area contributed by atoms with Crippen LogP contribution in [0, 0.1) is 0 Å². The van der Waals surface area contributed by atoms with Crippen molar-refractivity contribution in [2.45, 2.75) is 19.1 Å². The van der Waals surface area contributed by atoms with Gasteiger partial charge in [0.25, 0.3) is 0 Å². The lowest BCUT2D eigenvalue weighted by atomic mass is 10.0. The quantitative estimate of drug-likeness (QED) is 0.160. The van der Waals surface area contributed by atoms with Crippen LogP contribution in [-0.2, 0) is 16.1 Å². The van der Waals surface area contributed by atoms with E-state index in [0.29, 0.717) is 30.9 Å². The Morgan fingerprint density at radius 3 is 2.50 bits per heavy atom. The van der Waals surface area contributed by atoms with Crippen LogP contribution < -0.4 is 22.9 Å². The summed E-state index contributed by atoms with van der Waals surface area (Å²) in [6.07, 6.45) is 4.72. The normalized spacial score (nSPS) is 15.0. The van der Waals surface area contributed by atoms with Crippen LogP contribution in [0.15, 0.2) is 69.9 Å². The van der Waals surface area contributed by atoms with Crippen molar-refractivity contribution in [3.05, 3.63) is 70.5 Å². The Morgan fingerprint density at radius 2 is 1.92 bits per heavy atom. The van der Waals surface area contributed by atoms with Crippen molar-refractivity contribution in [2.24, 2.45) is 27.9 Å². The highest BCUT2D eigenvalue weighted by atomic mass is 35.5. The molecule has 0 spiro atoms. The Kier molecular flexibility index (Phi) is 9.74. The summed E-state index contributed by atoms with van der Waals surface area (Å²) in [5.41, 5.74) is 24.5. The van der Waals surface area contributed by atoms with Crippen LogP contribution in [0.2, 0.25) is 0 Å². The number of nitrogens with zero attached hydrogens (tertiary/aromatic N) is 1. The molecule has 1 aromatic rings. The first kappa shape index (κ1) is 21.4. The fourth-order valence-corrected chi connectivity index (χ4v) is 2.20. The number of ether oxygens (including phenoxy) is 2. The van der Waals surface area contributed by atoms with Crippen molar-refractivity contribution in [1.29, 1.82) is 0 Å². The zero-order valence-electron chi connectivity index (χ0n) is 14.8. The molecule has 1 atom stereocenters. The predicted molar refractivity (Wildman–Crippen MR) is 106 cm³/mol. The number of hydrogen-bond acceptors (Lipinski definition) is 7. The monoisotopic (exact) mass is 379 g/mol. The van der Waals surface area contributed by atoms with E-state index in [1.807, 2.05) is 30.3 Å². The number of benzene rings is 1. The van der Waals surface area contributed by atoms with Gasteiger partial charge in [0.05, 0.1) is 30.6 Å². The fraction of sp³-hybridized carbons (Fsp3) is 0.278. The van der Waals surface area contributed by atoms with Crippen LogP contribution in [0.1, 0.15) is 12.0 Å². The first-order chi connectivity index (χ1) is 12.5. The van der Waals surface area contributed by atoms with Crippen molar-refractivity contribution in [2.75, 3.05) is 13.7 Å². The van der Waals surface area contributed by atoms with Crippen molar-refractivity contribution in [3.8, 4) is 0 Å². The maximum Gasteiger partial charge on any atom is 0.189 e. The summed E-state index contributed by atoms with van der Waals surface area (Å²) in [4.78, 5) is 4.41.